The van der Waals surface area contributed by atoms with Crippen molar-refractivity contribution >= 4 is 30.2 Å². The van der Waals surface area contributed by atoms with Gasteiger partial charge in [-0.05, 0) is 36.3 Å². The van der Waals surface area contributed by atoms with Crippen molar-refractivity contribution in [2.45, 2.75) is 38.9 Å². The zero-order valence-corrected chi connectivity index (χ0v) is 16.1. The molecule has 21 heavy (non-hydrogen) atoms. The summed E-state index contributed by atoms with van der Waals surface area (Å²) in [5, 5.41) is 2.74. The summed E-state index contributed by atoms with van der Waals surface area (Å²) in [5.41, 5.74) is 0.550. The zero-order valence-electron chi connectivity index (χ0n) is 13.5. The average molecular weight is 374 g/mol. The van der Waals surface area contributed by atoms with E-state index in [4.69, 9.17) is 9.16 Å². The van der Waals surface area contributed by atoms with E-state index in [1.165, 1.54) is 0 Å². The molecule has 0 aromatic heterocycles. The van der Waals surface area contributed by atoms with Gasteiger partial charge in [-0.15, -0.1) is 0 Å². The molecule has 0 saturated carbocycles. The van der Waals surface area contributed by atoms with Gasteiger partial charge >= 0.3 is 0 Å². The van der Waals surface area contributed by atoms with Crippen molar-refractivity contribution in [1.29, 1.82) is 0 Å². The number of amides is 1. The lowest BCUT2D eigenvalue weighted by atomic mass is 10.2. The number of hydrogen-bond donors (Lipinski definition) is 1. The minimum atomic E-state index is -1.83. The van der Waals surface area contributed by atoms with E-state index in [2.05, 4.69) is 55.1 Å². The molecule has 1 aromatic rings. The van der Waals surface area contributed by atoms with Gasteiger partial charge in [-0.1, -0.05) is 36.7 Å². The maximum absolute atomic E-state index is 11.7. The predicted octanol–water partition coefficient (Wildman–Crippen LogP) is 4.17. The van der Waals surface area contributed by atoms with Crippen molar-refractivity contribution in [1.82, 2.24) is 5.32 Å². The summed E-state index contributed by atoms with van der Waals surface area (Å²) in [6, 6.07) is 5.28. The highest BCUT2D eigenvalue weighted by atomic mass is 79.9. The number of hydrogen-bond acceptors (Lipinski definition) is 3. The second kappa shape index (κ2) is 6.94. The molecular formula is C15H24BrNO3Si. The summed E-state index contributed by atoms with van der Waals surface area (Å²) < 4.78 is 12.4. The fourth-order valence-corrected chi connectivity index (χ4v) is 2.64. The third-order valence-corrected chi connectivity index (χ3v) is 8.72. The Hall–Kier alpha value is -0.853. The Kier molecular flexibility index (Phi) is 6.01. The molecule has 1 aromatic carbocycles. The third kappa shape index (κ3) is 5.12. The summed E-state index contributed by atoms with van der Waals surface area (Å²) in [5.74, 6) is 0.466. The smallest absolute Gasteiger partial charge is 0.251 e. The van der Waals surface area contributed by atoms with E-state index < -0.39 is 8.32 Å². The molecular weight excluding hydrogens is 350 g/mol. The quantitative estimate of drug-likeness (QED) is 0.622. The van der Waals surface area contributed by atoms with Crippen LogP contribution in [0.2, 0.25) is 18.1 Å². The number of ether oxygens (including phenoxy) is 1. The molecule has 0 atom stereocenters. The van der Waals surface area contributed by atoms with Crippen molar-refractivity contribution < 1.29 is 14.0 Å². The van der Waals surface area contributed by atoms with Crippen molar-refractivity contribution in [3.63, 3.8) is 0 Å². The van der Waals surface area contributed by atoms with Crippen LogP contribution < -0.4 is 10.1 Å². The molecule has 0 saturated heterocycles. The molecule has 0 fully saturated rings. The Balaban J connectivity index is 2.72. The molecule has 4 nitrogen and oxygen atoms in total. The van der Waals surface area contributed by atoms with Crippen LogP contribution in [0.5, 0.6) is 5.75 Å². The van der Waals surface area contributed by atoms with E-state index in [0.29, 0.717) is 11.3 Å². The van der Waals surface area contributed by atoms with Gasteiger partial charge in [-0.3, -0.25) is 4.79 Å². The highest BCUT2D eigenvalue weighted by Crippen LogP contribution is 2.36. The van der Waals surface area contributed by atoms with Crippen LogP contribution in [-0.2, 0) is 4.43 Å². The number of halogens is 1. The van der Waals surface area contributed by atoms with E-state index in [-0.39, 0.29) is 17.7 Å². The van der Waals surface area contributed by atoms with Crippen LogP contribution >= 0.6 is 15.9 Å². The summed E-state index contributed by atoms with van der Waals surface area (Å²) >= 11 is 3.38. The molecule has 118 valence electrons. The van der Waals surface area contributed by atoms with Gasteiger partial charge in [0, 0.05) is 17.1 Å². The largest absolute Gasteiger partial charge is 0.468 e. The fraction of sp³-hybridized carbons (Fsp3) is 0.533. The molecule has 0 radical (unpaired) electrons. The van der Waals surface area contributed by atoms with Gasteiger partial charge in [0.05, 0.1) is 0 Å². The van der Waals surface area contributed by atoms with Gasteiger partial charge in [-0.2, -0.15) is 0 Å². The van der Waals surface area contributed by atoms with Crippen LogP contribution in [0.15, 0.2) is 22.7 Å². The first-order valence-corrected chi connectivity index (χ1v) is 10.6. The van der Waals surface area contributed by atoms with Gasteiger partial charge in [0.25, 0.3) is 5.91 Å². The highest BCUT2D eigenvalue weighted by molar-refractivity contribution is 9.10. The standard InChI is InChI=1S/C15H24BrNO3Si/c1-15(2,3)21(5,6)20-10-19-13-8-11(14(18)17-4)7-12(16)9-13/h7-9H,10H2,1-6H3,(H,17,18). The van der Waals surface area contributed by atoms with E-state index >= 15 is 0 Å². The average Bonchev–Trinajstić information content (AvgIpc) is 2.35. The summed E-state index contributed by atoms with van der Waals surface area (Å²) in [4.78, 5) is 11.7. The third-order valence-electron chi connectivity index (χ3n) is 3.81. The van der Waals surface area contributed by atoms with Crippen LogP contribution in [0.25, 0.3) is 0 Å². The molecule has 0 heterocycles. The van der Waals surface area contributed by atoms with E-state index in [1.807, 2.05) is 6.07 Å². The summed E-state index contributed by atoms with van der Waals surface area (Å²) in [6.45, 7) is 11.1. The molecule has 1 amide bonds. The molecule has 1 N–H and O–H groups in total. The second-order valence-corrected chi connectivity index (χ2v) is 12.1. The maximum atomic E-state index is 11.7. The van der Waals surface area contributed by atoms with Crippen LogP contribution in [0.3, 0.4) is 0 Å². The van der Waals surface area contributed by atoms with E-state index in [0.717, 1.165) is 4.47 Å². The van der Waals surface area contributed by atoms with Crippen molar-refractivity contribution in [2.75, 3.05) is 13.8 Å². The second-order valence-electron chi connectivity index (χ2n) is 6.42. The Morgan fingerprint density at radius 1 is 1.29 bits per heavy atom. The van der Waals surface area contributed by atoms with Crippen molar-refractivity contribution in [2.24, 2.45) is 0 Å². The number of benzene rings is 1. The SMILES string of the molecule is CNC(=O)c1cc(Br)cc(OCO[Si](C)(C)C(C)(C)C)c1. The fourth-order valence-electron chi connectivity index (χ4n) is 1.38. The molecule has 0 spiro atoms. The lowest BCUT2D eigenvalue weighted by molar-refractivity contribution is 0.0956. The van der Waals surface area contributed by atoms with Gasteiger partial charge in [-0.25, -0.2) is 0 Å². The lowest BCUT2D eigenvalue weighted by Crippen LogP contribution is -2.41. The van der Waals surface area contributed by atoms with E-state index in [9.17, 15) is 4.79 Å². The Morgan fingerprint density at radius 3 is 2.43 bits per heavy atom. The van der Waals surface area contributed by atoms with Crippen LogP contribution in [-0.4, -0.2) is 28.1 Å². The van der Waals surface area contributed by atoms with E-state index in [1.54, 1.807) is 19.2 Å². The molecule has 1 rings (SSSR count). The maximum Gasteiger partial charge on any atom is 0.251 e. The minimum Gasteiger partial charge on any atom is -0.468 e. The first-order chi connectivity index (χ1) is 9.56. The van der Waals surface area contributed by atoms with Crippen LogP contribution in [0, 0.1) is 0 Å². The number of rotatable bonds is 5. The number of nitrogens with one attached hydrogen (secondary N) is 1. The number of carbonyl (C=O) groups is 1. The Labute approximate surface area is 136 Å². The lowest BCUT2D eigenvalue weighted by Gasteiger charge is -2.35. The van der Waals surface area contributed by atoms with Crippen LogP contribution in [0.1, 0.15) is 31.1 Å². The monoisotopic (exact) mass is 373 g/mol. The number of carbonyl (C=O) groups excluding carboxylic acids is 1. The molecule has 0 bridgehead atoms. The van der Waals surface area contributed by atoms with Gasteiger partial charge in [0.2, 0.25) is 0 Å². The van der Waals surface area contributed by atoms with Crippen molar-refractivity contribution in [3.05, 3.63) is 28.2 Å². The molecule has 0 aliphatic carbocycles. The molecule has 0 aliphatic rings. The Morgan fingerprint density at radius 2 is 1.90 bits per heavy atom. The summed E-state index contributed by atoms with van der Waals surface area (Å²) in [7, 11) is -0.229. The van der Waals surface area contributed by atoms with Crippen molar-refractivity contribution in [3.8, 4) is 5.75 Å². The highest BCUT2D eigenvalue weighted by Gasteiger charge is 2.37. The first-order valence-electron chi connectivity index (χ1n) is 6.86. The first kappa shape index (κ1) is 18.2. The molecule has 0 unspecified atom stereocenters. The summed E-state index contributed by atoms with van der Waals surface area (Å²) in [6.07, 6.45) is 0. The zero-order chi connectivity index (χ0) is 16.3. The molecule has 6 heteroatoms. The van der Waals surface area contributed by atoms with Gasteiger partial charge in [0.15, 0.2) is 15.1 Å². The van der Waals surface area contributed by atoms with Gasteiger partial charge < -0.3 is 14.5 Å². The van der Waals surface area contributed by atoms with Gasteiger partial charge in [0.1, 0.15) is 5.75 Å². The normalized spacial score (nSPS) is 12.1. The molecule has 0 aliphatic heterocycles. The predicted molar refractivity (Wildman–Crippen MR) is 91.3 cm³/mol. The Bertz CT molecular complexity index is 512. The van der Waals surface area contributed by atoms with Crippen LogP contribution in [0.4, 0.5) is 0 Å². The topological polar surface area (TPSA) is 47.6 Å². The minimum absolute atomic E-state index is 0.140.